The summed E-state index contributed by atoms with van der Waals surface area (Å²) < 4.78 is 26.9. The van der Waals surface area contributed by atoms with Crippen molar-refractivity contribution in [2.45, 2.75) is 83.4 Å². The van der Waals surface area contributed by atoms with Gasteiger partial charge in [-0.05, 0) is 100.0 Å². The van der Waals surface area contributed by atoms with Crippen LogP contribution in [-0.2, 0) is 16.4 Å². The van der Waals surface area contributed by atoms with Gasteiger partial charge in [-0.3, -0.25) is 0 Å². The SMILES string of the molecule is Cc1cc(NCC2CCC(NS(=O)(=O)C(C)C)CC2)cc2c1C(C)CC2. The van der Waals surface area contributed by atoms with Crippen molar-refractivity contribution in [3.63, 3.8) is 0 Å². The van der Waals surface area contributed by atoms with Crippen LogP contribution in [0, 0.1) is 12.8 Å². The molecule has 0 aromatic heterocycles. The summed E-state index contributed by atoms with van der Waals surface area (Å²) in [5, 5.41) is 3.29. The van der Waals surface area contributed by atoms with Crippen molar-refractivity contribution >= 4 is 15.7 Å². The lowest BCUT2D eigenvalue weighted by Crippen LogP contribution is -2.41. The Hall–Kier alpha value is -1.07. The number of aryl methyl sites for hydroxylation is 2. The highest BCUT2D eigenvalue weighted by Crippen LogP contribution is 2.37. The summed E-state index contributed by atoms with van der Waals surface area (Å²) in [4.78, 5) is 0. The molecule has 0 amide bonds. The van der Waals surface area contributed by atoms with Gasteiger partial charge < -0.3 is 5.32 Å². The maximum Gasteiger partial charge on any atom is 0.214 e. The first-order chi connectivity index (χ1) is 12.3. The molecule has 1 unspecified atom stereocenters. The number of fused-ring (bicyclic) bond motifs is 1. The third kappa shape index (κ3) is 4.42. The molecule has 2 N–H and O–H groups in total. The van der Waals surface area contributed by atoms with Crippen molar-refractivity contribution in [2.24, 2.45) is 5.92 Å². The Balaban J connectivity index is 1.50. The van der Waals surface area contributed by atoms with Gasteiger partial charge >= 0.3 is 0 Å². The molecule has 5 heteroatoms. The van der Waals surface area contributed by atoms with Gasteiger partial charge in [0.2, 0.25) is 10.0 Å². The first-order valence-corrected chi connectivity index (χ1v) is 11.7. The molecular formula is C21H34N2O2S. The number of rotatable bonds is 6. The Labute approximate surface area is 159 Å². The zero-order valence-electron chi connectivity index (χ0n) is 16.6. The number of nitrogens with one attached hydrogen (secondary N) is 2. The summed E-state index contributed by atoms with van der Waals surface area (Å²) >= 11 is 0. The van der Waals surface area contributed by atoms with E-state index in [-0.39, 0.29) is 11.3 Å². The van der Waals surface area contributed by atoms with Gasteiger partial charge in [-0.1, -0.05) is 6.92 Å². The highest BCUT2D eigenvalue weighted by molar-refractivity contribution is 7.90. The van der Waals surface area contributed by atoms with Crippen LogP contribution in [0.4, 0.5) is 5.69 Å². The van der Waals surface area contributed by atoms with E-state index in [2.05, 4.69) is 36.0 Å². The summed E-state index contributed by atoms with van der Waals surface area (Å²) in [5.41, 5.74) is 5.75. The monoisotopic (exact) mass is 378 g/mol. The van der Waals surface area contributed by atoms with Crippen molar-refractivity contribution in [1.82, 2.24) is 4.72 Å². The van der Waals surface area contributed by atoms with Crippen molar-refractivity contribution < 1.29 is 8.42 Å². The van der Waals surface area contributed by atoms with E-state index in [0.29, 0.717) is 11.8 Å². The number of hydrogen-bond acceptors (Lipinski definition) is 3. The zero-order valence-corrected chi connectivity index (χ0v) is 17.5. The molecule has 0 spiro atoms. The highest BCUT2D eigenvalue weighted by Gasteiger charge is 2.26. The van der Waals surface area contributed by atoms with Crippen LogP contribution in [0.2, 0.25) is 0 Å². The predicted octanol–water partition coefficient (Wildman–Crippen LogP) is 4.34. The molecule has 1 fully saturated rings. The molecule has 0 heterocycles. The fourth-order valence-corrected chi connectivity index (χ4v) is 5.49. The molecular weight excluding hydrogens is 344 g/mol. The first kappa shape index (κ1) is 19.7. The van der Waals surface area contributed by atoms with Crippen molar-refractivity contribution in [3.05, 3.63) is 28.8 Å². The molecule has 4 nitrogen and oxygen atoms in total. The van der Waals surface area contributed by atoms with Crippen LogP contribution < -0.4 is 10.0 Å². The zero-order chi connectivity index (χ0) is 18.9. The van der Waals surface area contributed by atoms with Crippen molar-refractivity contribution in [2.75, 3.05) is 11.9 Å². The van der Waals surface area contributed by atoms with Crippen molar-refractivity contribution in [1.29, 1.82) is 0 Å². The van der Waals surface area contributed by atoms with Gasteiger partial charge in [0.05, 0.1) is 5.25 Å². The standard InChI is InChI=1S/C21H34N2O2S/c1-14(2)26(24,25)23-19-9-6-17(7-10-19)13-22-20-11-16(4)21-15(3)5-8-18(21)12-20/h11-12,14-15,17,19,22-23H,5-10,13H2,1-4H3. The normalized spacial score (nSPS) is 26.1. The van der Waals surface area contributed by atoms with E-state index in [1.54, 1.807) is 19.4 Å². The van der Waals surface area contributed by atoms with E-state index in [1.165, 1.54) is 29.7 Å². The minimum Gasteiger partial charge on any atom is -0.385 e. The maximum absolute atomic E-state index is 12.0. The molecule has 0 radical (unpaired) electrons. The molecule has 2 aliphatic rings. The average Bonchev–Trinajstić information content (AvgIpc) is 2.95. The molecule has 1 aromatic rings. The molecule has 0 aliphatic heterocycles. The molecule has 2 aliphatic carbocycles. The van der Waals surface area contributed by atoms with E-state index in [0.717, 1.165) is 32.2 Å². The Morgan fingerprint density at radius 2 is 1.81 bits per heavy atom. The molecule has 1 atom stereocenters. The summed E-state index contributed by atoms with van der Waals surface area (Å²) in [7, 11) is -3.15. The molecule has 26 heavy (non-hydrogen) atoms. The summed E-state index contributed by atoms with van der Waals surface area (Å²) in [6.07, 6.45) is 6.53. The van der Waals surface area contributed by atoms with E-state index in [4.69, 9.17) is 0 Å². The second-order valence-corrected chi connectivity index (χ2v) is 10.9. The molecule has 1 saturated carbocycles. The second-order valence-electron chi connectivity index (χ2n) is 8.62. The lowest BCUT2D eigenvalue weighted by atomic mass is 9.86. The number of hydrogen-bond donors (Lipinski definition) is 2. The Kier molecular flexibility index (Phi) is 5.97. The largest absolute Gasteiger partial charge is 0.385 e. The average molecular weight is 379 g/mol. The van der Waals surface area contributed by atoms with E-state index < -0.39 is 10.0 Å². The third-order valence-corrected chi connectivity index (χ3v) is 8.11. The number of benzene rings is 1. The van der Waals surface area contributed by atoms with Gasteiger partial charge in [-0.2, -0.15) is 0 Å². The van der Waals surface area contributed by atoms with Crippen LogP contribution in [0.1, 0.15) is 75.5 Å². The van der Waals surface area contributed by atoms with Gasteiger partial charge in [0, 0.05) is 18.3 Å². The Bertz CT molecular complexity index is 735. The van der Waals surface area contributed by atoms with Crippen LogP contribution in [-0.4, -0.2) is 26.3 Å². The summed E-state index contributed by atoms with van der Waals surface area (Å²) in [5.74, 6) is 1.33. The van der Waals surface area contributed by atoms with Gasteiger partial charge in [0.25, 0.3) is 0 Å². The van der Waals surface area contributed by atoms with Gasteiger partial charge in [0.1, 0.15) is 0 Å². The van der Waals surface area contributed by atoms with Crippen LogP contribution in [0.15, 0.2) is 12.1 Å². The molecule has 3 rings (SSSR count). The van der Waals surface area contributed by atoms with Crippen LogP contribution in [0.3, 0.4) is 0 Å². The minimum absolute atomic E-state index is 0.113. The number of anilines is 1. The first-order valence-electron chi connectivity index (χ1n) is 10.1. The minimum atomic E-state index is -3.15. The highest BCUT2D eigenvalue weighted by atomic mass is 32.2. The fourth-order valence-electron chi connectivity index (χ4n) is 4.52. The maximum atomic E-state index is 12.0. The molecule has 0 bridgehead atoms. The van der Waals surface area contributed by atoms with Gasteiger partial charge in [-0.25, -0.2) is 13.1 Å². The Morgan fingerprint density at radius 1 is 1.12 bits per heavy atom. The topological polar surface area (TPSA) is 58.2 Å². The van der Waals surface area contributed by atoms with E-state index in [9.17, 15) is 8.42 Å². The molecule has 146 valence electrons. The second kappa shape index (κ2) is 7.89. The van der Waals surface area contributed by atoms with Gasteiger partial charge in [0.15, 0.2) is 0 Å². The third-order valence-electron chi connectivity index (χ3n) is 6.21. The van der Waals surface area contributed by atoms with Crippen LogP contribution in [0.25, 0.3) is 0 Å². The van der Waals surface area contributed by atoms with Gasteiger partial charge in [-0.15, -0.1) is 0 Å². The number of sulfonamides is 1. The quantitative estimate of drug-likeness (QED) is 0.774. The Morgan fingerprint density at radius 3 is 2.46 bits per heavy atom. The van der Waals surface area contributed by atoms with Crippen molar-refractivity contribution in [3.8, 4) is 0 Å². The summed E-state index contributed by atoms with van der Waals surface area (Å²) in [6.45, 7) is 9.02. The van der Waals surface area contributed by atoms with E-state index in [1.807, 2.05) is 0 Å². The fraction of sp³-hybridized carbons (Fsp3) is 0.714. The van der Waals surface area contributed by atoms with Crippen LogP contribution >= 0.6 is 0 Å². The summed E-state index contributed by atoms with van der Waals surface area (Å²) in [6, 6.07) is 4.75. The smallest absolute Gasteiger partial charge is 0.214 e. The molecule has 1 aromatic carbocycles. The predicted molar refractivity (Wildman–Crippen MR) is 109 cm³/mol. The van der Waals surface area contributed by atoms with Crippen LogP contribution in [0.5, 0.6) is 0 Å². The lowest BCUT2D eigenvalue weighted by Gasteiger charge is -2.30. The molecule has 0 saturated heterocycles. The lowest BCUT2D eigenvalue weighted by molar-refractivity contribution is 0.323. The van der Waals surface area contributed by atoms with E-state index >= 15 is 0 Å².